The monoisotopic (exact) mass is 252 g/mol. The molecule has 1 aliphatic rings. The molecule has 0 bridgehead atoms. The molecule has 0 amide bonds. The van der Waals surface area contributed by atoms with Gasteiger partial charge in [-0.15, -0.1) is 0 Å². The minimum Gasteiger partial charge on any atom is -0.337 e. The molecule has 0 N–H and O–H groups in total. The Morgan fingerprint density at radius 3 is 2.61 bits per heavy atom. The molecule has 0 aromatic carbocycles. The van der Waals surface area contributed by atoms with E-state index in [4.69, 9.17) is 4.52 Å². The molecule has 1 aromatic rings. The van der Waals surface area contributed by atoms with Crippen LogP contribution < -0.4 is 4.90 Å². The normalized spacial score (nSPS) is 18.9. The maximum atomic E-state index is 11.5. The third kappa shape index (κ3) is 2.69. The SMILES string of the molecule is CCC(C(C)=O)c1nc(N2CCN(C)CC2)no1. The lowest BCUT2D eigenvalue weighted by molar-refractivity contribution is -0.119. The van der Waals surface area contributed by atoms with Crippen molar-refractivity contribution < 1.29 is 9.32 Å². The van der Waals surface area contributed by atoms with Gasteiger partial charge in [0.1, 0.15) is 5.78 Å². The van der Waals surface area contributed by atoms with Crippen LogP contribution in [0.4, 0.5) is 5.95 Å². The Hall–Kier alpha value is -1.43. The summed E-state index contributed by atoms with van der Waals surface area (Å²) in [6.07, 6.45) is 0.694. The first-order chi connectivity index (χ1) is 8.61. The van der Waals surface area contributed by atoms with Crippen LogP contribution >= 0.6 is 0 Å². The predicted octanol–water partition coefficient (Wildman–Crippen LogP) is 0.904. The lowest BCUT2D eigenvalue weighted by atomic mass is 10.0. The molecule has 0 saturated carbocycles. The van der Waals surface area contributed by atoms with E-state index in [-0.39, 0.29) is 11.7 Å². The Kier molecular flexibility index (Phi) is 3.96. The van der Waals surface area contributed by atoms with Crippen molar-refractivity contribution >= 4 is 11.7 Å². The van der Waals surface area contributed by atoms with Gasteiger partial charge in [0, 0.05) is 26.2 Å². The zero-order valence-electron chi connectivity index (χ0n) is 11.2. The van der Waals surface area contributed by atoms with Crippen LogP contribution in [-0.2, 0) is 4.79 Å². The van der Waals surface area contributed by atoms with Gasteiger partial charge in [0.15, 0.2) is 0 Å². The maximum Gasteiger partial charge on any atom is 0.266 e. The predicted molar refractivity (Wildman–Crippen MR) is 67.7 cm³/mol. The van der Waals surface area contributed by atoms with E-state index in [0.29, 0.717) is 18.3 Å². The number of carbonyl (C=O) groups excluding carboxylic acids is 1. The average molecular weight is 252 g/mol. The topological polar surface area (TPSA) is 62.5 Å². The fourth-order valence-corrected chi connectivity index (χ4v) is 2.14. The molecule has 1 aliphatic heterocycles. The zero-order chi connectivity index (χ0) is 13.1. The first-order valence-electron chi connectivity index (χ1n) is 6.39. The maximum absolute atomic E-state index is 11.5. The van der Waals surface area contributed by atoms with Crippen LogP contribution in [0.3, 0.4) is 0 Å². The largest absolute Gasteiger partial charge is 0.337 e. The zero-order valence-corrected chi connectivity index (χ0v) is 11.2. The molecular formula is C12H20N4O2. The van der Waals surface area contributed by atoms with Crippen molar-refractivity contribution in [2.45, 2.75) is 26.2 Å². The molecule has 1 aromatic heterocycles. The van der Waals surface area contributed by atoms with E-state index in [0.717, 1.165) is 26.2 Å². The van der Waals surface area contributed by atoms with E-state index < -0.39 is 0 Å². The molecule has 0 aliphatic carbocycles. The molecule has 1 unspecified atom stereocenters. The van der Waals surface area contributed by atoms with Crippen molar-refractivity contribution in [3.63, 3.8) is 0 Å². The number of rotatable bonds is 4. The number of nitrogens with zero attached hydrogens (tertiary/aromatic N) is 4. The second-order valence-corrected chi connectivity index (χ2v) is 4.79. The van der Waals surface area contributed by atoms with E-state index in [1.54, 1.807) is 6.92 Å². The molecule has 2 heterocycles. The number of Topliss-reactive ketones (excluding diaryl/α,β-unsaturated/α-hetero) is 1. The lowest BCUT2D eigenvalue weighted by Gasteiger charge is -2.31. The first-order valence-corrected chi connectivity index (χ1v) is 6.39. The van der Waals surface area contributed by atoms with Gasteiger partial charge in [-0.05, 0) is 25.5 Å². The number of aromatic nitrogens is 2. The molecule has 2 rings (SSSR count). The van der Waals surface area contributed by atoms with Crippen molar-refractivity contribution in [1.29, 1.82) is 0 Å². The summed E-state index contributed by atoms with van der Waals surface area (Å²) in [5.74, 6) is 0.863. The second-order valence-electron chi connectivity index (χ2n) is 4.79. The van der Waals surface area contributed by atoms with Gasteiger partial charge >= 0.3 is 0 Å². The minimum atomic E-state index is -0.265. The van der Waals surface area contributed by atoms with Crippen molar-refractivity contribution in [3.05, 3.63) is 5.89 Å². The standard InChI is InChI=1S/C12H20N4O2/c1-4-10(9(2)17)11-13-12(14-18-11)16-7-5-15(3)6-8-16/h10H,4-8H2,1-3H3. The molecule has 0 spiro atoms. The fraction of sp³-hybridized carbons (Fsp3) is 0.750. The summed E-state index contributed by atoms with van der Waals surface area (Å²) in [6, 6.07) is 0. The summed E-state index contributed by atoms with van der Waals surface area (Å²) < 4.78 is 5.22. The Labute approximate surface area is 107 Å². The van der Waals surface area contributed by atoms with Gasteiger partial charge in [-0.25, -0.2) is 0 Å². The van der Waals surface area contributed by atoms with Crippen LogP contribution in [0, 0.1) is 0 Å². The van der Waals surface area contributed by atoms with Crippen LogP contribution in [0.15, 0.2) is 4.52 Å². The highest BCUT2D eigenvalue weighted by atomic mass is 16.5. The number of likely N-dealkylation sites (N-methyl/N-ethyl adjacent to an activating group) is 1. The minimum absolute atomic E-state index is 0.0751. The van der Waals surface area contributed by atoms with Gasteiger partial charge < -0.3 is 14.3 Å². The third-order valence-electron chi connectivity index (χ3n) is 3.41. The van der Waals surface area contributed by atoms with E-state index in [1.807, 2.05) is 6.92 Å². The summed E-state index contributed by atoms with van der Waals surface area (Å²) in [4.78, 5) is 20.2. The number of hydrogen-bond acceptors (Lipinski definition) is 6. The van der Waals surface area contributed by atoms with Crippen molar-refractivity contribution in [1.82, 2.24) is 15.0 Å². The summed E-state index contributed by atoms with van der Waals surface area (Å²) in [7, 11) is 2.10. The Balaban J connectivity index is 2.08. The van der Waals surface area contributed by atoms with Crippen molar-refractivity contribution in [2.24, 2.45) is 0 Å². The van der Waals surface area contributed by atoms with Crippen molar-refractivity contribution in [2.75, 3.05) is 38.1 Å². The molecule has 0 radical (unpaired) electrons. The van der Waals surface area contributed by atoms with Gasteiger partial charge in [0.2, 0.25) is 5.89 Å². The second kappa shape index (κ2) is 5.48. The fourth-order valence-electron chi connectivity index (χ4n) is 2.14. The van der Waals surface area contributed by atoms with Crippen LogP contribution in [0.25, 0.3) is 0 Å². The van der Waals surface area contributed by atoms with E-state index in [2.05, 4.69) is 27.0 Å². The van der Waals surface area contributed by atoms with Gasteiger partial charge in [-0.2, -0.15) is 4.98 Å². The molecule has 1 saturated heterocycles. The lowest BCUT2D eigenvalue weighted by Crippen LogP contribution is -2.44. The van der Waals surface area contributed by atoms with E-state index in [9.17, 15) is 4.79 Å². The molecule has 100 valence electrons. The molecular weight excluding hydrogens is 232 g/mol. The highest BCUT2D eigenvalue weighted by molar-refractivity contribution is 5.82. The number of hydrogen-bond donors (Lipinski definition) is 0. The third-order valence-corrected chi connectivity index (χ3v) is 3.41. The Morgan fingerprint density at radius 1 is 1.39 bits per heavy atom. The van der Waals surface area contributed by atoms with Crippen LogP contribution in [-0.4, -0.2) is 54.1 Å². The van der Waals surface area contributed by atoms with Gasteiger partial charge in [0.25, 0.3) is 5.95 Å². The number of anilines is 1. The van der Waals surface area contributed by atoms with Gasteiger partial charge in [0.05, 0.1) is 5.92 Å². The number of ketones is 1. The molecule has 1 fully saturated rings. The van der Waals surface area contributed by atoms with Gasteiger partial charge in [-0.3, -0.25) is 4.79 Å². The molecule has 6 heteroatoms. The quantitative estimate of drug-likeness (QED) is 0.793. The van der Waals surface area contributed by atoms with Crippen LogP contribution in [0.1, 0.15) is 32.1 Å². The summed E-state index contributed by atoms with van der Waals surface area (Å²) in [5, 5.41) is 3.99. The smallest absolute Gasteiger partial charge is 0.266 e. The molecule has 18 heavy (non-hydrogen) atoms. The summed E-state index contributed by atoms with van der Waals surface area (Å²) in [5.41, 5.74) is 0. The molecule has 6 nitrogen and oxygen atoms in total. The highest BCUT2D eigenvalue weighted by Crippen LogP contribution is 2.21. The molecule has 1 atom stereocenters. The van der Waals surface area contributed by atoms with Crippen molar-refractivity contribution in [3.8, 4) is 0 Å². The Morgan fingerprint density at radius 2 is 2.06 bits per heavy atom. The van der Waals surface area contributed by atoms with Gasteiger partial charge in [-0.1, -0.05) is 6.92 Å². The summed E-state index contributed by atoms with van der Waals surface area (Å²) in [6.45, 7) is 7.29. The number of piperazine rings is 1. The highest BCUT2D eigenvalue weighted by Gasteiger charge is 2.24. The average Bonchev–Trinajstić information content (AvgIpc) is 2.80. The summed E-state index contributed by atoms with van der Waals surface area (Å²) >= 11 is 0. The van der Waals surface area contributed by atoms with E-state index in [1.165, 1.54) is 0 Å². The van der Waals surface area contributed by atoms with Crippen LogP contribution in [0.5, 0.6) is 0 Å². The van der Waals surface area contributed by atoms with E-state index >= 15 is 0 Å². The Bertz CT molecular complexity index is 410. The van der Waals surface area contributed by atoms with Crippen LogP contribution in [0.2, 0.25) is 0 Å². The number of carbonyl (C=O) groups is 1. The first kappa shape index (κ1) is 13.0.